The maximum Gasteiger partial charge on any atom is 0.183 e. The summed E-state index contributed by atoms with van der Waals surface area (Å²) in [5.41, 5.74) is 5.44. The van der Waals surface area contributed by atoms with Gasteiger partial charge in [0.2, 0.25) is 0 Å². The summed E-state index contributed by atoms with van der Waals surface area (Å²) in [5.74, 6) is 0.792. The standard InChI is InChI=1S/C21H24N4O.C2H2/c1-4-15(8-9-20(26-3)23-5-2)19-14-25-21-18(19)11-17(13-24-21)16-7-6-10-22-12-16;1-2/h4,6-7,10-14H,5,8-9H2,1-3H3,(H,24,25);1-2H/b15-4+,23-20?;. The number of H-pyrrole nitrogens is 1. The lowest BCUT2D eigenvalue weighted by atomic mass is 9.99. The van der Waals surface area contributed by atoms with Gasteiger partial charge in [-0.15, -0.1) is 12.8 Å². The third-order valence-corrected chi connectivity index (χ3v) is 4.40. The van der Waals surface area contributed by atoms with Gasteiger partial charge in [-0.05, 0) is 38.0 Å². The molecule has 3 aromatic rings. The lowest BCUT2D eigenvalue weighted by Gasteiger charge is -2.09. The topological polar surface area (TPSA) is 63.2 Å². The number of pyridine rings is 2. The molecule has 0 aliphatic carbocycles. The first-order chi connectivity index (χ1) is 13.8. The predicted molar refractivity (Wildman–Crippen MR) is 117 cm³/mol. The van der Waals surface area contributed by atoms with Gasteiger partial charge in [0.1, 0.15) is 5.65 Å². The van der Waals surface area contributed by atoms with Crippen molar-refractivity contribution < 1.29 is 4.74 Å². The first-order valence-corrected chi connectivity index (χ1v) is 9.20. The molecule has 3 aromatic heterocycles. The zero-order valence-corrected chi connectivity index (χ0v) is 16.6. The van der Waals surface area contributed by atoms with Gasteiger partial charge in [-0.2, -0.15) is 0 Å². The van der Waals surface area contributed by atoms with Crippen molar-refractivity contribution in [3.8, 4) is 24.0 Å². The van der Waals surface area contributed by atoms with Gasteiger partial charge in [-0.1, -0.05) is 12.1 Å². The zero-order valence-electron chi connectivity index (χ0n) is 16.6. The average Bonchev–Trinajstić information content (AvgIpc) is 3.18. The van der Waals surface area contributed by atoms with E-state index in [0.717, 1.165) is 47.4 Å². The fourth-order valence-corrected chi connectivity index (χ4v) is 3.06. The van der Waals surface area contributed by atoms with Crippen LogP contribution in [0.4, 0.5) is 0 Å². The minimum Gasteiger partial charge on any atom is -0.484 e. The monoisotopic (exact) mass is 374 g/mol. The van der Waals surface area contributed by atoms with Crippen LogP contribution in [0.25, 0.3) is 27.7 Å². The molecule has 0 aliphatic rings. The molecule has 0 bridgehead atoms. The third-order valence-electron chi connectivity index (χ3n) is 4.40. The number of methoxy groups -OCH3 is 1. The van der Waals surface area contributed by atoms with Gasteiger partial charge in [0.25, 0.3) is 0 Å². The van der Waals surface area contributed by atoms with Crippen LogP contribution in [-0.2, 0) is 4.74 Å². The zero-order chi connectivity index (χ0) is 20.4. The number of hydrogen-bond donors (Lipinski definition) is 1. The number of nitrogens with one attached hydrogen (secondary N) is 1. The van der Waals surface area contributed by atoms with Gasteiger partial charge in [0.15, 0.2) is 5.90 Å². The number of allylic oxidation sites excluding steroid dienone is 2. The average molecular weight is 374 g/mol. The van der Waals surface area contributed by atoms with Gasteiger partial charge in [-0.3, -0.25) is 9.98 Å². The molecular weight excluding hydrogens is 348 g/mol. The molecule has 0 radical (unpaired) electrons. The van der Waals surface area contributed by atoms with Crippen molar-refractivity contribution in [2.24, 2.45) is 4.99 Å². The van der Waals surface area contributed by atoms with Crippen molar-refractivity contribution in [2.75, 3.05) is 13.7 Å². The van der Waals surface area contributed by atoms with E-state index in [2.05, 4.69) is 51.9 Å². The highest BCUT2D eigenvalue weighted by atomic mass is 16.5. The summed E-state index contributed by atoms with van der Waals surface area (Å²) in [6.07, 6.45) is 19.4. The van der Waals surface area contributed by atoms with Crippen LogP contribution >= 0.6 is 0 Å². The third kappa shape index (κ3) is 4.86. The van der Waals surface area contributed by atoms with Crippen LogP contribution in [0.5, 0.6) is 0 Å². The minimum atomic E-state index is 0.736. The Morgan fingerprint density at radius 2 is 2.07 bits per heavy atom. The molecule has 0 amide bonds. The molecule has 28 heavy (non-hydrogen) atoms. The number of hydrogen-bond acceptors (Lipinski definition) is 4. The van der Waals surface area contributed by atoms with Crippen LogP contribution in [0, 0.1) is 12.8 Å². The predicted octanol–water partition coefficient (Wildman–Crippen LogP) is 5.12. The van der Waals surface area contributed by atoms with E-state index in [9.17, 15) is 0 Å². The molecule has 5 heteroatoms. The first kappa shape index (κ1) is 20.9. The Balaban J connectivity index is 0.00000136. The van der Waals surface area contributed by atoms with Crippen LogP contribution < -0.4 is 0 Å². The molecule has 0 saturated carbocycles. The molecule has 5 nitrogen and oxygen atoms in total. The lowest BCUT2D eigenvalue weighted by molar-refractivity contribution is 0.389. The van der Waals surface area contributed by atoms with Crippen molar-refractivity contribution >= 4 is 22.5 Å². The van der Waals surface area contributed by atoms with E-state index in [-0.39, 0.29) is 0 Å². The van der Waals surface area contributed by atoms with Crippen molar-refractivity contribution in [3.63, 3.8) is 0 Å². The quantitative estimate of drug-likeness (QED) is 0.370. The highest BCUT2D eigenvalue weighted by molar-refractivity contribution is 5.93. The fourth-order valence-electron chi connectivity index (χ4n) is 3.06. The molecule has 3 rings (SSSR count). The van der Waals surface area contributed by atoms with Crippen molar-refractivity contribution in [2.45, 2.75) is 26.7 Å². The summed E-state index contributed by atoms with van der Waals surface area (Å²) < 4.78 is 5.36. The Bertz CT molecular complexity index is 968. The number of aromatic amines is 1. The number of aromatic nitrogens is 3. The van der Waals surface area contributed by atoms with Crippen LogP contribution in [0.15, 0.2) is 54.1 Å². The van der Waals surface area contributed by atoms with Crippen LogP contribution in [0.1, 0.15) is 32.3 Å². The highest BCUT2D eigenvalue weighted by Crippen LogP contribution is 2.30. The summed E-state index contributed by atoms with van der Waals surface area (Å²) in [7, 11) is 1.68. The van der Waals surface area contributed by atoms with Gasteiger partial charge >= 0.3 is 0 Å². The van der Waals surface area contributed by atoms with Gasteiger partial charge < -0.3 is 9.72 Å². The van der Waals surface area contributed by atoms with Crippen molar-refractivity contribution in [1.82, 2.24) is 15.0 Å². The largest absolute Gasteiger partial charge is 0.484 e. The minimum absolute atomic E-state index is 0.736. The SMILES string of the molecule is C#C.C/C=C(\CCC(=NCC)OC)c1c[nH]c2ncc(-c3cccnc3)cc12. The van der Waals surface area contributed by atoms with Crippen molar-refractivity contribution in [3.05, 3.63) is 54.6 Å². The molecule has 0 atom stereocenters. The van der Waals surface area contributed by atoms with Crippen LogP contribution in [-0.4, -0.2) is 34.5 Å². The van der Waals surface area contributed by atoms with Gasteiger partial charge in [-0.25, -0.2) is 4.98 Å². The van der Waals surface area contributed by atoms with E-state index in [4.69, 9.17) is 4.74 Å². The van der Waals surface area contributed by atoms with E-state index in [0.29, 0.717) is 0 Å². The number of aliphatic imine (C=N–C) groups is 1. The molecular formula is C23H26N4O. The Kier molecular flexibility index (Phi) is 7.98. The summed E-state index contributed by atoms with van der Waals surface area (Å²) in [4.78, 5) is 16.4. The van der Waals surface area contributed by atoms with Crippen LogP contribution in [0.2, 0.25) is 0 Å². The second kappa shape index (κ2) is 10.7. The first-order valence-electron chi connectivity index (χ1n) is 9.20. The van der Waals surface area contributed by atoms with Crippen molar-refractivity contribution in [1.29, 1.82) is 0 Å². The number of rotatable bonds is 6. The van der Waals surface area contributed by atoms with Gasteiger partial charge in [0, 0.05) is 59.8 Å². The molecule has 0 aromatic carbocycles. The summed E-state index contributed by atoms with van der Waals surface area (Å²) >= 11 is 0. The van der Waals surface area contributed by atoms with E-state index in [1.807, 2.05) is 37.6 Å². The number of fused-ring (bicyclic) bond motifs is 1. The normalized spacial score (nSPS) is 11.8. The van der Waals surface area contributed by atoms with E-state index < -0.39 is 0 Å². The Morgan fingerprint density at radius 3 is 2.71 bits per heavy atom. The van der Waals surface area contributed by atoms with E-state index in [1.54, 1.807) is 13.3 Å². The van der Waals surface area contributed by atoms with E-state index in [1.165, 1.54) is 11.1 Å². The molecule has 0 saturated heterocycles. The Morgan fingerprint density at radius 1 is 1.25 bits per heavy atom. The molecule has 3 heterocycles. The number of nitrogens with zero attached hydrogens (tertiary/aromatic N) is 3. The second-order valence-corrected chi connectivity index (χ2v) is 5.95. The van der Waals surface area contributed by atoms with Crippen LogP contribution in [0.3, 0.4) is 0 Å². The highest BCUT2D eigenvalue weighted by Gasteiger charge is 2.12. The summed E-state index contributed by atoms with van der Waals surface area (Å²) in [5, 5.41) is 1.12. The maximum atomic E-state index is 5.36. The Labute approximate surface area is 166 Å². The molecule has 0 fully saturated rings. The smallest absolute Gasteiger partial charge is 0.183 e. The number of terminal acetylenes is 1. The molecule has 0 aliphatic heterocycles. The summed E-state index contributed by atoms with van der Waals surface area (Å²) in [6, 6.07) is 6.16. The molecule has 1 N–H and O–H groups in total. The molecule has 144 valence electrons. The molecule has 0 unspecified atom stereocenters. The second-order valence-electron chi connectivity index (χ2n) is 5.95. The van der Waals surface area contributed by atoms with Gasteiger partial charge in [0.05, 0.1) is 7.11 Å². The fraction of sp³-hybridized carbons (Fsp3) is 0.261. The molecule has 0 spiro atoms. The lowest BCUT2D eigenvalue weighted by Crippen LogP contribution is -2.02. The number of ether oxygens (including phenoxy) is 1. The van der Waals surface area contributed by atoms with E-state index >= 15 is 0 Å². The Hall–Kier alpha value is -3.39. The maximum absolute atomic E-state index is 5.36. The summed E-state index contributed by atoms with van der Waals surface area (Å²) in [6.45, 7) is 4.82.